The molecule has 5 N–H and O–H groups in total. The second-order valence-electron chi connectivity index (χ2n) is 12.5. The Bertz CT molecular complexity index is 2350. The lowest BCUT2D eigenvalue weighted by molar-refractivity contribution is -0.125. The van der Waals surface area contributed by atoms with Crippen molar-refractivity contribution < 1.29 is 32.1 Å². The molecule has 55 heavy (non-hydrogen) atoms. The second kappa shape index (κ2) is 17.4. The van der Waals surface area contributed by atoms with Gasteiger partial charge in [0, 0.05) is 23.4 Å². The van der Waals surface area contributed by atoms with Crippen LogP contribution in [0.25, 0.3) is 11.4 Å². The fourth-order valence-electron chi connectivity index (χ4n) is 5.61. The quantitative estimate of drug-likeness (QED) is 0.0943. The minimum atomic E-state index is -4.27. The highest BCUT2D eigenvalue weighted by atomic mass is 32.2. The zero-order valence-corrected chi connectivity index (χ0v) is 30.2. The van der Waals surface area contributed by atoms with Crippen LogP contribution in [-0.2, 0) is 27.1 Å². The first-order valence-electron chi connectivity index (χ1n) is 17.0. The largest absolute Gasteiger partial charge is 0.382 e. The molecule has 6 aromatic rings. The zero-order valence-electron chi connectivity index (χ0n) is 29.4. The number of aromatic amines is 1. The molecular formula is C39H36N8O7S. The van der Waals surface area contributed by atoms with Gasteiger partial charge in [-0.15, -0.1) is 10.2 Å². The molecule has 0 unspecified atom stereocenters. The highest BCUT2D eigenvalue weighted by molar-refractivity contribution is 7.86. The molecule has 3 amide bonds. The van der Waals surface area contributed by atoms with Crippen molar-refractivity contribution in [2.75, 3.05) is 5.32 Å². The number of aromatic nitrogens is 5. The number of carbonyl (C=O) groups excluding carboxylic acids is 3. The van der Waals surface area contributed by atoms with Gasteiger partial charge in [-0.05, 0) is 47.4 Å². The molecule has 2 heterocycles. The Kier molecular flexibility index (Phi) is 12.0. The normalized spacial score (nSPS) is 12.8. The van der Waals surface area contributed by atoms with Crippen LogP contribution in [-0.4, -0.2) is 69.0 Å². The molecule has 0 bridgehead atoms. The minimum Gasteiger partial charge on any atom is -0.382 e. The maximum Gasteiger partial charge on any atom is 0.313 e. The van der Waals surface area contributed by atoms with Gasteiger partial charge in [0.25, 0.3) is 17.7 Å². The minimum absolute atomic E-state index is 0.00758. The van der Waals surface area contributed by atoms with E-state index in [2.05, 4.69) is 41.6 Å². The summed E-state index contributed by atoms with van der Waals surface area (Å²) in [6.07, 6.45) is -1.79. The van der Waals surface area contributed by atoms with Crippen LogP contribution in [0.5, 0.6) is 5.75 Å². The Morgan fingerprint density at radius 1 is 0.782 bits per heavy atom. The lowest BCUT2D eigenvalue weighted by atomic mass is 10.00. The molecule has 0 aliphatic rings. The number of H-pyrrole nitrogens is 1. The molecular weight excluding hydrogens is 725 g/mol. The number of rotatable bonds is 15. The molecule has 0 saturated heterocycles. The van der Waals surface area contributed by atoms with E-state index in [0.717, 1.165) is 17.7 Å². The molecule has 3 atom stereocenters. The summed E-state index contributed by atoms with van der Waals surface area (Å²) in [7, 11) is -4.27. The van der Waals surface area contributed by atoms with Crippen molar-refractivity contribution in [2.24, 2.45) is 0 Å². The van der Waals surface area contributed by atoms with E-state index in [1.165, 1.54) is 0 Å². The van der Waals surface area contributed by atoms with E-state index in [-0.39, 0.29) is 17.9 Å². The third-order valence-electron chi connectivity index (χ3n) is 8.32. The average Bonchev–Trinajstić information content (AvgIpc) is 3.74. The van der Waals surface area contributed by atoms with Crippen LogP contribution in [0.1, 0.15) is 50.6 Å². The summed E-state index contributed by atoms with van der Waals surface area (Å²) in [4.78, 5) is 45.2. The molecule has 15 nitrogen and oxygen atoms in total. The summed E-state index contributed by atoms with van der Waals surface area (Å²) in [5, 5.41) is 33.3. The van der Waals surface area contributed by atoms with Crippen LogP contribution >= 0.6 is 0 Å². The molecule has 0 spiro atoms. The zero-order chi connectivity index (χ0) is 38.8. The molecule has 2 aromatic heterocycles. The smallest absolute Gasteiger partial charge is 0.313 e. The molecule has 4 aromatic carbocycles. The Morgan fingerprint density at radius 3 is 2.04 bits per heavy atom. The molecule has 280 valence electrons. The summed E-state index contributed by atoms with van der Waals surface area (Å²) in [6.45, 7) is 1.76. The van der Waals surface area contributed by atoms with Gasteiger partial charge < -0.3 is 25.2 Å². The van der Waals surface area contributed by atoms with E-state index in [1.807, 2.05) is 30.3 Å². The number of aliphatic hydroxyl groups excluding tert-OH is 1. The summed E-state index contributed by atoms with van der Waals surface area (Å²) < 4.78 is 31.7. The van der Waals surface area contributed by atoms with Crippen LogP contribution in [0.15, 0.2) is 127 Å². The molecule has 0 aliphatic carbocycles. The third kappa shape index (κ3) is 10.4. The standard InChI is InChI=1S/C39H36N8O7S/c1-25(28-16-9-4-10-17-28)40-37(49)33-22-31(54-55(52,53)24-27-14-7-3-8-15-27)23-34(42-33)38(50)43-32(20-26-12-5-2-6-13-26)35(48)39(51)41-30-19-11-18-29(21-30)36-44-46-47-45-36/h2-19,21-23,25,32,35,48H,20,24H2,1H3,(H,40,49)(H,41,51)(H,43,50)(H,44,45,46,47)/t25-,32+,35+/m1/s1. The van der Waals surface area contributed by atoms with E-state index < -0.39 is 57.5 Å². The van der Waals surface area contributed by atoms with Crippen LogP contribution in [0.3, 0.4) is 0 Å². The number of carbonyl (C=O) groups is 3. The number of nitrogens with one attached hydrogen (secondary N) is 4. The van der Waals surface area contributed by atoms with Crippen molar-refractivity contribution in [1.82, 2.24) is 36.2 Å². The Balaban J connectivity index is 1.27. The van der Waals surface area contributed by atoms with E-state index in [1.54, 1.807) is 91.9 Å². The number of pyridine rings is 1. The van der Waals surface area contributed by atoms with Gasteiger partial charge in [0.15, 0.2) is 6.10 Å². The van der Waals surface area contributed by atoms with Crippen LogP contribution in [0.2, 0.25) is 0 Å². The molecule has 6 rings (SSSR count). The Labute approximate surface area is 316 Å². The van der Waals surface area contributed by atoms with E-state index in [4.69, 9.17) is 4.18 Å². The SMILES string of the molecule is C[C@@H](NC(=O)c1cc(OS(=O)(=O)Cc2ccccc2)cc(C(=O)N[C@@H](Cc2ccccc2)[C@H](O)C(=O)Nc2cccc(-c3nn[nH]n3)c2)n1)c1ccccc1. The van der Waals surface area contributed by atoms with Gasteiger partial charge in [-0.3, -0.25) is 14.4 Å². The number of benzene rings is 4. The van der Waals surface area contributed by atoms with Gasteiger partial charge in [-0.2, -0.15) is 13.6 Å². The highest BCUT2D eigenvalue weighted by Gasteiger charge is 2.30. The van der Waals surface area contributed by atoms with Crippen molar-refractivity contribution in [2.45, 2.75) is 37.3 Å². The lowest BCUT2D eigenvalue weighted by Gasteiger charge is -2.24. The Hall–Kier alpha value is -6.78. The summed E-state index contributed by atoms with van der Waals surface area (Å²) in [5.74, 6) is -2.99. The maximum absolute atomic E-state index is 14.0. The van der Waals surface area contributed by atoms with Gasteiger partial charge >= 0.3 is 10.1 Å². The average molecular weight is 761 g/mol. The van der Waals surface area contributed by atoms with Gasteiger partial charge in [-0.25, -0.2) is 4.98 Å². The van der Waals surface area contributed by atoms with Crippen molar-refractivity contribution in [3.05, 3.63) is 155 Å². The fourth-order valence-corrected chi connectivity index (χ4v) is 6.66. The number of hydrogen-bond donors (Lipinski definition) is 5. The van der Waals surface area contributed by atoms with Gasteiger partial charge in [0.1, 0.15) is 22.9 Å². The fraction of sp³-hybridized carbons (Fsp3) is 0.154. The molecule has 0 aliphatic heterocycles. The number of aliphatic hydroxyl groups is 1. The van der Waals surface area contributed by atoms with Gasteiger partial charge in [-0.1, -0.05) is 103 Å². The number of nitrogens with zero attached hydrogens (tertiary/aromatic N) is 4. The molecule has 16 heteroatoms. The summed E-state index contributed by atoms with van der Waals surface area (Å²) >= 11 is 0. The van der Waals surface area contributed by atoms with Crippen LogP contribution in [0, 0.1) is 0 Å². The van der Waals surface area contributed by atoms with E-state index >= 15 is 0 Å². The predicted molar refractivity (Wildman–Crippen MR) is 202 cm³/mol. The van der Waals surface area contributed by atoms with Crippen molar-refractivity contribution >= 4 is 33.5 Å². The lowest BCUT2D eigenvalue weighted by Crippen LogP contribution is -2.50. The number of amides is 3. The van der Waals surface area contributed by atoms with E-state index in [0.29, 0.717) is 28.2 Å². The molecule has 0 saturated carbocycles. The first kappa shape index (κ1) is 38.0. The number of tetrazole rings is 1. The third-order valence-corrected chi connectivity index (χ3v) is 9.45. The monoisotopic (exact) mass is 760 g/mol. The van der Waals surface area contributed by atoms with Crippen molar-refractivity contribution in [3.8, 4) is 17.1 Å². The summed E-state index contributed by atoms with van der Waals surface area (Å²) in [6, 6.07) is 33.4. The topological polar surface area (TPSA) is 218 Å². The first-order valence-corrected chi connectivity index (χ1v) is 18.6. The van der Waals surface area contributed by atoms with Crippen LogP contribution in [0.4, 0.5) is 5.69 Å². The first-order chi connectivity index (χ1) is 26.5. The highest BCUT2D eigenvalue weighted by Crippen LogP contribution is 2.22. The van der Waals surface area contributed by atoms with Crippen LogP contribution < -0.4 is 20.1 Å². The molecule has 0 radical (unpaired) electrons. The number of anilines is 1. The second-order valence-corrected chi connectivity index (χ2v) is 14.0. The summed E-state index contributed by atoms with van der Waals surface area (Å²) in [5.41, 5.74) is 2.10. The predicted octanol–water partition coefficient (Wildman–Crippen LogP) is 4.00. The van der Waals surface area contributed by atoms with Gasteiger partial charge in [0.2, 0.25) is 5.82 Å². The van der Waals surface area contributed by atoms with Crippen molar-refractivity contribution in [1.29, 1.82) is 0 Å². The van der Waals surface area contributed by atoms with Crippen molar-refractivity contribution in [3.63, 3.8) is 0 Å². The van der Waals surface area contributed by atoms with Gasteiger partial charge in [0.05, 0.1) is 12.1 Å². The molecule has 0 fully saturated rings. The maximum atomic E-state index is 14.0. The number of hydrogen-bond acceptors (Lipinski definition) is 11. The van der Waals surface area contributed by atoms with E-state index in [9.17, 15) is 27.9 Å². The Morgan fingerprint density at radius 2 is 1.40 bits per heavy atom.